The molecule has 1 fully saturated rings. The Morgan fingerprint density at radius 1 is 1.42 bits per heavy atom. The van der Waals surface area contributed by atoms with E-state index in [1.165, 1.54) is 6.07 Å². The van der Waals surface area contributed by atoms with E-state index < -0.39 is 0 Å². The Morgan fingerprint density at radius 3 is 2.95 bits per heavy atom. The number of nitrogens with zero attached hydrogens (tertiary/aromatic N) is 1. The summed E-state index contributed by atoms with van der Waals surface area (Å²) in [5.41, 5.74) is 0. The first-order valence-corrected chi connectivity index (χ1v) is 6.55. The molecule has 0 aliphatic carbocycles. The Balaban J connectivity index is 1.78. The number of hydrogen-bond acceptors (Lipinski definition) is 4. The lowest BCUT2D eigenvalue weighted by molar-refractivity contribution is -0.0965. The van der Waals surface area contributed by atoms with Crippen LogP contribution in [0.25, 0.3) is 0 Å². The van der Waals surface area contributed by atoms with Crippen LogP contribution in [0.3, 0.4) is 0 Å². The molecular formula is C14H20FNO3. The largest absolute Gasteiger partial charge is 0.489 e. The summed E-state index contributed by atoms with van der Waals surface area (Å²) < 4.78 is 24.3. The fourth-order valence-corrected chi connectivity index (χ4v) is 2.27. The molecule has 1 N–H and O–H groups in total. The van der Waals surface area contributed by atoms with Crippen molar-refractivity contribution in [3.8, 4) is 5.75 Å². The molecule has 4 nitrogen and oxygen atoms in total. The van der Waals surface area contributed by atoms with E-state index in [0.717, 1.165) is 6.54 Å². The van der Waals surface area contributed by atoms with Gasteiger partial charge in [0.15, 0.2) is 11.6 Å². The van der Waals surface area contributed by atoms with Gasteiger partial charge < -0.3 is 14.6 Å². The predicted molar refractivity (Wildman–Crippen MR) is 69.8 cm³/mol. The summed E-state index contributed by atoms with van der Waals surface area (Å²) >= 11 is 0. The van der Waals surface area contributed by atoms with Gasteiger partial charge in [-0.15, -0.1) is 0 Å². The second-order valence-electron chi connectivity index (χ2n) is 4.79. The van der Waals surface area contributed by atoms with Gasteiger partial charge in [-0.2, -0.15) is 0 Å². The van der Waals surface area contributed by atoms with Gasteiger partial charge in [-0.05, 0) is 19.1 Å². The molecule has 106 valence electrons. The zero-order valence-corrected chi connectivity index (χ0v) is 11.1. The van der Waals surface area contributed by atoms with Crippen LogP contribution in [0.4, 0.5) is 4.39 Å². The molecule has 1 heterocycles. The topological polar surface area (TPSA) is 41.9 Å². The van der Waals surface area contributed by atoms with E-state index in [1.807, 2.05) is 6.92 Å². The van der Waals surface area contributed by atoms with E-state index in [4.69, 9.17) is 14.6 Å². The summed E-state index contributed by atoms with van der Waals surface area (Å²) in [4.78, 5) is 2.16. The third-order valence-corrected chi connectivity index (χ3v) is 3.11. The van der Waals surface area contributed by atoms with Crippen molar-refractivity contribution < 1.29 is 19.0 Å². The second-order valence-corrected chi connectivity index (χ2v) is 4.79. The number of benzene rings is 1. The molecule has 1 aromatic rings. The Bertz CT molecular complexity index is 402. The van der Waals surface area contributed by atoms with Crippen molar-refractivity contribution >= 4 is 0 Å². The first-order chi connectivity index (χ1) is 9.19. The SMILES string of the molecule is CC1CN(CCOc2ccccc2F)CC(CO)O1. The van der Waals surface area contributed by atoms with Gasteiger partial charge in [-0.25, -0.2) is 4.39 Å². The van der Waals surface area contributed by atoms with Crippen molar-refractivity contribution in [3.63, 3.8) is 0 Å². The minimum atomic E-state index is -0.342. The maximum Gasteiger partial charge on any atom is 0.165 e. The summed E-state index contributed by atoms with van der Waals surface area (Å²) in [5, 5.41) is 9.13. The lowest BCUT2D eigenvalue weighted by Gasteiger charge is -2.35. The van der Waals surface area contributed by atoms with Gasteiger partial charge in [0.25, 0.3) is 0 Å². The summed E-state index contributed by atoms with van der Waals surface area (Å²) in [7, 11) is 0. The van der Waals surface area contributed by atoms with Gasteiger partial charge in [0.05, 0.1) is 18.8 Å². The lowest BCUT2D eigenvalue weighted by atomic mass is 10.2. The first kappa shape index (κ1) is 14.2. The highest BCUT2D eigenvalue weighted by Crippen LogP contribution is 2.16. The molecule has 1 aromatic carbocycles. The minimum absolute atomic E-state index is 0.0228. The molecule has 5 heteroatoms. The number of aliphatic hydroxyl groups is 1. The van der Waals surface area contributed by atoms with E-state index in [1.54, 1.807) is 18.2 Å². The highest BCUT2D eigenvalue weighted by atomic mass is 19.1. The van der Waals surface area contributed by atoms with Crippen LogP contribution in [0.5, 0.6) is 5.75 Å². The zero-order valence-electron chi connectivity index (χ0n) is 11.1. The average molecular weight is 269 g/mol. The molecule has 19 heavy (non-hydrogen) atoms. The van der Waals surface area contributed by atoms with Crippen molar-refractivity contribution in [1.29, 1.82) is 0 Å². The van der Waals surface area contributed by atoms with Crippen LogP contribution in [0.1, 0.15) is 6.92 Å². The minimum Gasteiger partial charge on any atom is -0.489 e. The molecule has 1 aliphatic heterocycles. The quantitative estimate of drug-likeness (QED) is 0.874. The molecule has 0 bridgehead atoms. The Morgan fingerprint density at radius 2 is 2.21 bits per heavy atom. The standard InChI is InChI=1S/C14H20FNO3/c1-11-8-16(9-12(10-17)19-11)6-7-18-14-5-3-2-4-13(14)15/h2-5,11-12,17H,6-10H2,1H3. The molecule has 1 saturated heterocycles. The van der Waals surface area contributed by atoms with Crippen LogP contribution in [0, 0.1) is 5.82 Å². The van der Waals surface area contributed by atoms with Gasteiger partial charge >= 0.3 is 0 Å². The molecule has 0 radical (unpaired) electrons. The number of ether oxygens (including phenoxy) is 2. The molecular weight excluding hydrogens is 249 g/mol. The van der Waals surface area contributed by atoms with Crippen molar-refractivity contribution in [2.24, 2.45) is 0 Å². The van der Waals surface area contributed by atoms with Gasteiger partial charge in [-0.1, -0.05) is 12.1 Å². The number of para-hydroxylation sites is 1. The molecule has 0 aromatic heterocycles. The fourth-order valence-electron chi connectivity index (χ4n) is 2.27. The molecule has 0 spiro atoms. The number of halogens is 1. The third kappa shape index (κ3) is 4.16. The maximum absolute atomic E-state index is 13.3. The molecule has 2 rings (SSSR count). The average Bonchev–Trinajstić information content (AvgIpc) is 2.40. The van der Waals surface area contributed by atoms with Crippen molar-refractivity contribution in [3.05, 3.63) is 30.1 Å². The van der Waals surface area contributed by atoms with Crippen LogP contribution < -0.4 is 4.74 Å². The Labute approximate surface area is 112 Å². The van der Waals surface area contributed by atoms with E-state index in [0.29, 0.717) is 19.7 Å². The van der Waals surface area contributed by atoms with Crippen molar-refractivity contribution in [2.45, 2.75) is 19.1 Å². The molecule has 2 unspecified atom stereocenters. The number of morpholine rings is 1. The van der Waals surface area contributed by atoms with Crippen LogP contribution in [-0.2, 0) is 4.74 Å². The summed E-state index contributed by atoms with van der Waals surface area (Å²) in [6, 6.07) is 6.39. The van der Waals surface area contributed by atoms with E-state index in [2.05, 4.69) is 4.90 Å². The molecule has 0 saturated carbocycles. The Hall–Kier alpha value is -1.17. The molecule has 2 atom stereocenters. The first-order valence-electron chi connectivity index (χ1n) is 6.55. The molecule has 1 aliphatic rings. The van der Waals surface area contributed by atoms with E-state index in [9.17, 15) is 4.39 Å². The van der Waals surface area contributed by atoms with Crippen molar-refractivity contribution in [1.82, 2.24) is 4.90 Å². The normalized spacial score (nSPS) is 24.4. The van der Waals surface area contributed by atoms with Crippen LogP contribution >= 0.6 is 0 Å². The number of rotatable bonds is 5. The van der Waals surface area contributed by atoms with Crippen LogP contribution in [0.15, 0.2) is 24.3 Å². The van der Waals surface area contributed by atoms with Gasteiger partial charge in [0.1, 0.15) is 6.61 Å². The van der Waals surface area contributed by atoms with Crippen LogP contribution in [-0.4, -0.2) is 55.1 Å². The Kier molecular flexibility index (Phi) is 5.13. The van der Waals surface area contributed by atoms with Gasteiger partial charge in [-0.3, -0.25) is 4.90 Å². The van der Waals surface area contributed by atoms with Crippen molar-refractivity contribution in [2.75, 3.05) is 32.8 Å². The summed E-state index contributed by atoms with van der Waals surface area (Å²) in [5.74, 6) is -0.0615. The number of hydrogen-bond donors (Lipinski definition) is 1. The molecule has 0 amide bonds. The zero-order chi connectivity index (χ0) is 13.7. The smallest absolute Gasteiger partial charge is 0.165 e. The summed E-state index contributed by atoms with van der Waals surface area (Å²) in [6.45, 7) is 4.60. The predicted octanol–water partition coefficient (Wildman–Crippen LogP) is 1.29. The van der Waals surface area contributed by atoms with Crippen LogP contribution in [0.2, 0.25) is 0 Å². The highest BCUT2D eigenvalue weighted by Gasteiger charge is 2.24. The third-order valence-electron chi connectivity index (χ3n) is 3.11. The maximum atomic E-state index is 13.3. The summed E-state index contributed by atoms with van der Waals surface area (Å²) in [6.07, 6.45) is -0.0448. The monoisotopic (exact) mass is 269 g/mol. The van der Waals surface area contributed by atoms with E-state index >= 15 is 0 Å². The van der Waals surface area contributed by atoms with Gasteiger partial charge in [0.2, 0.25) is 0 Å². The highest BCUT2D eigenvalue weighted by molar-refractivity contribution is 5.23. The fraction of sp³-hybridized carbons (Fsp3) is 0.571. The van der Waals surface area contributed by atoms with E-state index in [-0.39, 0.29) is 30.4 Å². The lowest BCUT2D eigenvalue weighted by Crippen LogP contribution is -2.49. The number of aliphatic hydroxyl groups excluding tert-OH is 1. The second kappa shape index (κ2) is 6.84. The van der Waals surface area contributed by atoms with Gasteiger partial charge in [0, 0.05) is 19.6 Å².